The van der Waals surface area contributed by atoms with Crippen LogP contribution in [-0.2, 0) is 9.59 Å². The monoisotopic (exact) mass is 309 g/mol. The maximum Gasteiger partial charge on any atom is 0.229 e. The van der Waals surface area contributed by atoms with E-state index in [4.69, 9.17) is 0 Å². The fourth-order valence-electron chi connectivity index (χ4n) is 3.16. The molecule has 0 aromatic rings. The molecule has 0 spiro atoms. The maximum atomic E-state index is 11.4. The summed E-state index contributed by atoms with van der Waals surface area (Å²) < 4.78 is 0. The van der Waals surface area contributed by atoms with Gasteiger partial charge in [-0.05, 0) is 6.42 Å². The van der Waals surface area contributed by atoms with Crippen LogP contribution in [0, 0.1) is 0 Å². The van der Waals surface area contributed by atoms with E-state index >= 15 is 0 Å². The minimum absolute atomic E-state index is 0.0314. The van der Waals surface area contributed by atoms with Crippen LogP contribution in [0.3, 0.4) is 0 Å². The molecule has 128 valence electrons. The fourth-order valence-corrected chi connectivity index (χ4v) is 3.16. The van der Waals surface area contributed by atoms with Gasteiger partial charge >= 0.3 is 0 Å². The average Bonchev–Trinajstić information content (AvgIpc) is 2.83. The van der Waals surface area contributed by atoms with Gasteiger partial charge in [-0.2, -0.15) is 0 Å². The number of hydrogen-bond donors (Lipinski definition) is 0. The molecule has 0 bridgehead atoms. The van der Waals surface area contributed by atoms with Crippen LogP contribution < -0.4 is 0 Å². The van der Waals surface area contributed by atoms with Gasteiger partial charge in [-0.15, -0.1) is 0 Å². The summed E-state index contributed by atoms with van der Waals surface area (Å²) in [5.74, 6) is 0.0628. The standard InChI is InChI=1S/C19H35NO2/c1-2-3-4-5-6-7-8-9-10-11-12-13-14-17-20-18(21)15-16-19(20)22/h2-17H2,1H3. The Hall–Kier alpha value is -0.860. The third-order valence-corrected chi connectivity index (χ3v) is 4.64. The van der Waals surface area contributed by atoms with E-state index in [0.29, 0.717) is 19.4 Å². The number of imide groups is 1. The highest BCUT2D eigenvalue weighted by atomic mass is 16.2. The van der Waals surface area contributed by atoms with Crippen molar-refractivity contribution in [3.05, 3.63) is 0 Å². The first kappa shape index (κ1) is 19.2. The Morgan fingerprint density at radius 1 is 0.636 bits per heavy atom. The summed E-state index contributed by atoms with van der Waals surface area (Å²) in [5.41, 5.74) is 0. The van der Waals surface area contributed by atoms with Gasteiger partial charge in [0, 0.05) is 19.4 Å². The maximum absolute atomic E-state index is 11.4. The number of amides is 2. The Bertz CT molecular complexity index is 299. The lowest BCUT2D eigenvalue weighted by Gasteiger charge is -2.13. The van der Waals surface area contributed by atoms with Crippen molar-refractivity contribution < 1.29 is 9.59 Å². The minimum Gasteiger partial charge on any atom is -0.283 e. The second-order valence-electron chi connectivity index (χ2n) is 6.68. The number of carbonyl (C=O) groups excluding carboxylic acids is 2. The molecule has 0 aromatic heterocycles. The van der Waals surface area contributed by atoms with Crippen molar-refractivity contribution in [3.63, 3.8) is 0 Å². The quantitative estimate of drug-likeness (QED) is 0.325. The van der Waals surface area contributed by atoms with Crippen molar-refractivity contribution in [2.75, 3.05) is 6.54 Å². The molecule has 1 rings (SSSR count). The van der Waals surface area contributed by atoms with E-state index in [1.807, 2.05) is 0 Å². The molecule has 0 aliphatic carbocycles. The normalized spacial score (nSPS) is 15.0. The van der Waals surface area contributed by atoms with Gasteiger partial charge in [0.25, 0.3) is 0 Å². The Morgan fingerprint density at radius 3 is 1.41 bits per heavy atom. The smallest absolute Gasteiger partial charge is 0.229 e. The van der Waals surface area contributed by atoms with E-state index in [1.54, 1.807) is 0 Å². The minimum atomic E-state index is 0.0314. The molecule has 1 fully saturated rings. The highest BCUT2D eigenvalue weighted by Crippen LogP contribution is 2.15. The summed E-state index contributed by atoms with van der Waals surface area (Å²) in [7, 11) is 0. The SMILES string of the molecule is CCCCCCCCCCCCCCCN1C(=O)CCC1=O. The van der Waals surface area contributed by atoms with Crippen LogP contribution in [0.15, 0.2) is 0 Å². The summed E-state index contributed by atoms with van der Waals surface area (Å²) >= 11 is 0. The third kappa shape index (κ3) is 8.55. The Kier molecular flexibility index (Phi) is 11.0. The van der Waals surface area contributed by atoms with Gasteiger partial charge in [-0.25, -0.2) is 0 Å². The average molecular weight is 309 g/mol. The summed E-state index contributed by atoms with van der Waals surface area (Å²) in [5, 5.41) is 0. The molecule has 0 aromatic carbocycles. The van der Waals surface area contributed by atoms with Gasteiger partial charge in [0.05, 0.1) is 0 Å². The van der Waals surface area contributed by atoms with E-state index in [1.165, 1.54) is 75.5 Å². The molecule has 0 radical (unpaired) electrons. The van der Waals surface area contributed by atoms with Crippen LogP contribution in [0.2, 0.25) is 0 Å². The van der Waals surface area contributed by atoms with Crippen molar-refractivity contribution in [1.29, 1.82) is 0 Å². The first-order chi connectivity index (χ1) is 10.8. The zero-order valence-electron chi connectivity index (χ0n) is 14.6. The van der Waals surface area contributed by atoms with Crippen LogP contribution in [-0.4, -0.2) is 23.3 Å². The molecule has 0 unspecified atom stereocenters. The number of rotatable bonds is 14. The van der Waals surface area contributed by atoms with Gasteiger partial charge in [0.1, 0.15) is 0 Å². The lowest BCUT2D eigenvalue weighted by molar-refractivity contribution is -0.138. The molecule has 1 saturated heterocycles. The van der Waals surface area contributed by atoms with Crippen molar-refractivity contribution in [3.8, 4) is 0 Å². The Morgan fingerprint density at radius 2 is 1.00 bits per heavy atom. The number of nitrogens with zero attached hydrogens (tertiary/aromatic N) is 1. The first-order valence-corrected chi connectivity index (χ1v) is 9.59. The fraction of sp³-hybridized carbons (Fsp3) is 0.895. The summed E-state index contributed by atoms with van der Waals surface area (Å²) in [6.45, 7) is 2.91. The number of hydrogen-bond acceptors (Lipinski definition) is 2. The lowest BCUT2D eigenvalue weighted by atomic mass is 10.0. The van der Waals surface area contributed by atoms with E-state index in [0.717, 1.165) is 12.8 Å². The molecule has 2 amide bonds. The van der Waals surface area contributed by atoms with Gasteiger partial charge in [-0.3, -0.25) is 14.5 Å². The summed E-state index contributed by atoms with van der Waals surface area (Å²) in [4.78, 5) is 24.3. The number of unbranched alkanes of at least 4 members (excludes halogenated alkanes) is 12. The van der Waals surface area contributed by atoms with Crippen LogP contribution in [0.4, 0.5) is 0 Å². The second-order valence-corrected chi connectivity index (χ2v) is 6.68. The number of carbonyl (C=O) groups is 2. The molecule has 0 atom stereocenters. The van der Waals surface area contributed by atoms with Crippen molar-refractivity contribution in [2.24, 2.45) is 0 Å². The Balaban J connectivity index is 1.78. The molecule has 1 aliphatic rings. The summed E-state index contributed by atoms with van der Waals surface area (Å²) in [6, 6.07) is 0. The van der Waals surface area contributed by atoms with E-state index in [-0.39, 0.29) is 11.8 Å². The van der Waals surface area contributed by atoms with Crippen LogP contribution in [0.1, 0.15) is 103 Å². The van der Waals surface area contributed by atoms with Crippen molar-refractivity contribution >= 4 is 11.8 Å². The van der Waals surface area contributed by atoms with Crippen molar-refractivity contribution in [2.45, 2.75) is 103 Å². The molecular formula is C19H35NO2. The molecule has 1 aliphatic heterocycles. The molecule has 1 heterocycles. The van der Waals surface area contributed by atoms with Gasteiger partial charge in [-0.1, -0.05) is 84.0 Å². The van der Waals surface area contributed by atoms with Crippen LogP contribution in [0.5, 0.6) is 0 Å². The van der Waals surface area contributed by atoms with Gasteiger partial charge < -0.3 is 0 Å². The molecule has 22 heavy (non-hydrogen) atoms. The van der Waals surface area contributed by atoms with Crippen LogP contribution >= 0.6 is 0 Å². The molecule has 3 nitrogen and oxygen atoms in total. The van der Waals surface area contributed by atoms with Gasteiger partial charge in [0.15, 0.2) is 0 Å². The highest BCUT2D eigenvalue weighted by molar-refractivity contribution is 6.01. The highest BCUT2D eigenvalue weighted by Gasteiger charge is 2.27. The second kappa shape index (κ2) is 12.7. The van der Waals surface area contributed by atoms with E-state index in [2.05, 4.69) is 6.92 Å². The van der Waals surface area contributed by atoms with E-state index < -0.39 is 0 Å². The molecule has 0 N–H and O–H groups in total. The lowest BCUT2D eigenvalue weighted by Crippen LogP contribution is -2.29. The zero-order chi connectivity index (χ0) is 16.0. The predicted molar refractivity (Wildman–Crippen MR) is 91.6 cm³/mol. The van der Waals surface area contributed by atoms with Crippen molar-refractivity contribution in [1.82, 2.24) is 4.90 Å². The predicted octanol–water partition coefficient (Wildman–Crippen LogP) is 5.23. The van der Waals surface area contributed by atoms with Crippen LogP contribution in [0.25, 0.3) is 0 Å². The molecular weight excluding hydrogens is 274 g/mol. The van der Waals surface area contributed by atoms with E-state index in [9.17, 15) is 9.59 Å². The zero-order valence-corrected chi connectivity index (χ0v) is 14.6. The number of likely N-dealkylation sites (tertiary alicyclic amines) is 1. The van der Waals surface area contributed by atoms with Gasteiger partial charge in [0.2, 0.25) is 11.8 Å². The first-order valence-electron chi connectivity index (χ1n) is 9.59. The largest absolute Gasteiger partial charge is 0.283 e. The molecule has 0 saturated carbocycles. The third-order valence-electron chi connectivity index (χ3n) is 4.64. The molecule has 3 heteroatoms. The topological polar surface area (TPSA) is 37.4 Å². The Labute approximate surface area is 136 Å². The summed E-state index contributed by atoms with van der Waals surface area (Å²) in [6.07, 6.45) is 18.0.